The number of hydrogen-bond acceptors (Lipinski definition) is 4. The zero-order valence-electron chi connectivity index (χ0n) is 13.0. The molecule has 0 N–H and O–H groups in total. The van der Waals surface area contributed by atoms with Gasteiger partial charge in [-0.05, 0) is 12.3 Å². The third kappa shape index (κ3) is 1.99. The summed E-state index contributed by atoms with van der Waals surface area (Å²) in [7, 11) is 3.17. The summed E-state index contributed by atoms with van der Waals surface area (Å²) in [4.78, 5) is 31.1. The van der Waals surface area contributed by atoms with Crippen molar-refractivity contribution in [2.75, 3.05) is 18.0 Å². The van der Waals surface area contributed by atoms with E-state index >= 15 is 0 Å². The van der Waals surface area contributed by atoms with Gasteiger partial charge in [0.05, 0.1) is 0 Å². The predicted octanol–water partition coefficient (Wildman–Crippen LogP) is 0.300. The number of hydrogen-bond donors (Lipinski definition) is 0. The van der Waals surface area contributed by atoms with Crippen molar-refractivity contribution in [3.05, 3.63) is 20.8 Å². The largest absolute Gasteiger partial charge is 0.340 e. The molecule has 0 bridgehead atoms. The number of nitrogens with zero attached hydrogens (tertiary/aromatic N) is 5. The van der Waals surface area contributed by atoms with E-state index in [9.17, 15) is 9.59 Å². The Kier molecular flexibility index (Phi) is 3.15. The molecule has 3 heterocycles. The average Bonchev–Trinajstić information content (AvgIpc) is 2.99. The Balaban J connectivity index is 2.16. The molecular weight excluding hydrogens is 270 g/mol. The van der Waals surface area contributed by atoms with Crippen LogP contribution in [0.25, 0.3) is 11.2 Å². The minimum absolute atomic E-state index is 0.266. The van der Waals surface area contributed by atoms with Crippen LogP contribution in [0.3, 0.4) is 0 Å². The van der Waals surface area contributed by atoms with E-state index < -0.39 is 0 Å². The van der Waals surface area contributed by atoms with Gasteiger partial charge in [0.15, 0.2) is 11.2 Å². The molecule has 0 amide bonds. The van der Waals surface area contributed by atoms with Gasteiger partial charge in [0, 0.05) is 33.7 Å². The number of imidazole rings is 1. The first-order chi connectivity index (χ1) is 9.91. The van der Waals surface area contributed by atoms with Crippen LogP contribution in [-0.4, -0.2) is 31.8 Å². The lowest BCUT2D eigenvalue weighted by Crippen LogP contribution is -2.37. The molecule has 1 aliphatic heterocycles. The van der Waals surface area contributed by atoms with Gasteiger partial charge in [-0.1, -0.05) is 13.8 Å². The summed E-state index contributed by atoms with van der Waals surface area (Å²) >= 11 is 0. The second-order valence-corrected chi connectivity index (χ2v) is 6.11. The summed E-state index contributed by atoms with van der Waals surface area (Å²) in [5, 5.41) is 0. The molecule has 2 aromatic rings. The Morgan fingerprint density at radius 1 is 1.14 bits per heavy atom. The zero-order chi connectivity index (χ0) is 15.3. The average molecular weight is 291 g/mol. The molecule has 0 saturated carbocycles. The maximum absolute atomic E-state index is 12.4. The topological polar surface area (TPSA) is 65.1 Å². The van der Waals surface area contributed by atoms with Gasteiger partial charge in [-0.2, -0.15) is 4.98 Å². The number of fused-ring (bicyclic) bond motifs is 3. The Bertz CT molecular complexity index is 811. The summed E-state index contributed by atoms with van der Waals surface area (Å²) < 4.78 is 4.54. The highest BCUT2D eigenvalue weighted by Gasteiger charge is 2.27. The monoisotopic (exact) mass is 291 g/mol. The van der Waals surface area contributed by atoms with E-state index in [1.165, 1.54) is 11.6 Å². The Labute approximate surface area is 122 Å². The molecular formula is C14H21N5O2. The van der Waals surface area contributed by atoms with Gasteiger partial charge in [0.1, 0.15) is 0 Å². The molecule has 21 heavy (non-hydrogen) atoms. The van der Waals surface area contributed by atoms with Crippen molar-refractivity contribution in [3.63, 3.8) is 0 Å². The minimum atomic E-state index is -0.335. The van der Waals surface area contributed by atoms with E-state index in [2.05, 4.69) is 23.7 Å². The standard InChI is InChI=1S/C14H21N5O2/c1-9(2)5-6-18-7-8-19-10-11(15-13(18)19)16(3)14(21)17(4)12(10)20/h9H,5-8H2,1-4H3. The molecule has 0 saturated heterocycles. The third-order valence-corrected chi connectivity index (χ3v) is 4.18. The van der Waals surface area contributed by atoms with Crippen molar-refractivity contribution in [1.82, 2.24) is 18.7 Å². The van der Waals surface area contributed by atoms with Crippen LogP contribution in [0.5, 0.6) is 0 Å². The van der Waals surface area contributed by atoms with Gasteiger partial charge in [-0.3, -0.25) is 13.9 Å². The fraction of sp³-hybridized carbons (Fsp3) is 0.643. The van der Waals surface area contributed by atoms with Gasteiger partial charge in [0.25, 0.3) is 5.56 Å². The molecule has 0 fully saturated rings. The predicted molar refractivity (Wildman–Crippen MR) is 81.9 cm³/mol. The summed E-state index contributed by atoms with van der Waals surface area (Å²) in [5.41, 5.74) is 0.407. The Hall–Kier alpha value is -2.05. The van der Waals surface area contributed by atoms with Crippen LogP contribution in [0.4, 0.5) is 5.95 Å². The second kappa shape index (κ2) is 4.75. The van der Waals surface area contributed by atoms with Crippen molar-refractivity contribution >= 4 is 17.1 Å². The molecule has 7 nitrogen and oxygen atoms in total. The first kappa shape index (κ1) is 13.9. The van der Waals surface area contributed by atoms with E-state index in [0.29, 0.717) is 17.1 Å². The van der Waals surface area contributed by atoms with Crippen molar-refractivity contribution in [2.24, 2.45) is 20.0 Å². The summed E-state index contributed by atoms with van der Waals surface area (Å²) in [6.07, 6.45) is 1.08. The quantitative estimate of drug-likeness (QED) is 0.816. The highest BCUT2D eigenvalue weighted by Crippen LogP contribution is 2.25. The fourth-order valence-corrected chi connectivity index (χ4v) is 2.83. The van der Waals surface area contributed by atoms with E-state index in [4.69, 9.17) is 0 Å². The molecule has 0 radical (unpaired) electrons. The molecule has 0 unspecified atom stereocenters. The summed E-state index contributed by atoms with van der Waals surface area (Å²) in [5.74, 6) is 1.43. The van der Waals surface area contributed by atoms with Gasteiger partial charge in [-0.15, -0.1) is 0 Å². The molecule has 0 atom stereocenters. The van der Waals surface area contributed by atoms with Crippen molar-refractivity contribution in [2.45, 2.75) is 26.8 Å². The molecule has 0 aliphatic carbocycles. The first-order valence-electron chi connectivity index (χ1n) is 7.33. The maximum atomic E-state index is 12.4. The maximum Gasteiger partial charge on any atom is 0.332 e. The van der Waals surface area contributed by atoms with E-state index in [1.807, 2.05) is 4.57 Å². The molecule has 7 heteroatoms. The minimum Gasteiger partial charge on any atom is -0.340 e. The van der Waals surface area contributed by atoms with Crippen LogP contribution in [0.15, 0.2) is 9.59 Å². The normalized spacial score (nSPS) is 14.4. The van der Waals surface area contributed by atoms with Crippen LogP contribution in [0, 0.1) is 5.92 Å². The van der Waals surface area contributed by atoms with Gasteiger partial charge in [0.2, 0.25) is 5.95 Å². The fourth-order valence-electron chi connectivity index (χ4n) is 2.83. The highest BCUT2D eigenvalue weighted by atomic mass is 16.2. The highest BCUT2D eigenvalue weighted by molar-refractivity contribution is 5.75. The SMILES string of the molecule is CC(C)CCN1CCn2c1nc1c2c(=O)n(C)c(=O)n1C. The van der Waals surface area contributed by atoms with Gasteiger partial charge in [-0.25, -0.2) is 4.79 Å². The van der Waals surface area contributed by atoms with Crippen LogP contribution in [0.1, 0.15) is 20.3 Å². The zero-order valence-corrected chi connectivity index (χ0v) is 13.0. The lowest BCUT2D eigenvalue weighted by molar-refractivity contribution is 0.576. The third-order valence-electron chi connectivity index (χ3n) is 4.18. The Morgan fingerprint density at radius 2 is 1.86 bits per heavy atom. The summed E-state index contributed by atoms with van der Waals surface area (Å²) in [6, 6.07) is 0. The number of rotatable bonds is 3. The van der Waals surface area contributed by atoms with Crippen molar-refractivity contribution < 1.29 is 0 Å². The van der Waals surface area contributed by atoms with Crippen LogP contribution in [0.2, 0.25) is 0 Å². The first-order valence-corrected chi connectivity index (χ1v) is 7.33. The molecule has 1 aliphatic rings. The molecule has 0 aromatic carbocycles. The van der Waals surface area contributed by atoms with Crippen LogP contribution >= 0.6 is 0 Å². The molecule has 114 valence electrons. The number of anilines is 1. The van der Waals surface area contributed by atoms with E-state index in [-0.39, 0.29) is 11.2 Å². The smallest absolute Gasteiger partial charge is 0.332 e. The van der Waals surface area contributed by atoms with Crippen molar-refractivity contribution in [1.29, 1.82) is 0 Å². The van der Waals surface area contributed by atoms with E-state index in [0.717, 1.165) is 36.6 Å². The molecule has 3 rings (SSSR count). The van der Waals surface area contributed by atoms with E-state index in [1.54, 1.807) is 7.05 Å². The van der Waals surface area contributed by atoms with Crippen LogP contribution < -0.4 is 16.1 Å². The molecule has 0 spiro atoms. The molecule has 2 aromatic heterocycles. The van der Waals surface area contributed by atoms with Crippen LogP contribution in [-0.2, 0) is 20.6 Å². The van der Waals surface area contributed by atoms with Crippen molar-refractivity contribution in [3.8, 4) is 0 Å². The van der Waals surface area contributed by atoms with Gasteiger partial charge >= 0.3 is 5.69 Å². The lowest BCUT2D eigenvalue weighted by Gasteiger charge is -2.16. The lowest BCUT2D eigenvalue weighted by atomic mass is 10.1. The number of aryl methyl sites for hydroxylation is 1. The summed E-state index contributed by atoms with van der Waals surface area (Å²) in [6.45, 7) is 6.93. The number of aromatic nitrogens is 4. The van der Waals surface area contributed by atoms with Gasteiger partial charge < -0.3 is 9.47 Å². The second-order valence-electron chi connectivity index (χ2n) is 6.11. The Morgan fingerprint density at radius 3 is 2.52 bits per heavy atom.